The van der Waals surface area contributed by atoms with Crippen molar-refractivity contribution in [3.63, 3.8) is 0 Å². The number of hydrogen-bond donors (Lipinski definition) is 7. The summed E-state index contributed by atoms with van der Waals surface area (Å²) >= 11 is 0. The predicted molar refractivity (Wildman–Crippen MR) is 412 cm³/mol. The zero-order valence-corrected chi connectivity index (χ0v) is 61.0. The third-order valence-electron chi connectivity index (χ3n) is 19.3. The van der Waals surface area contributed by atoms with Crippen molar-refractivity contribution >= 4 is 68.0 Å². The van der Waals surface area contributed by atoms with Crippen molar-refractivity contribution in [2.75, 3.05) is 55.8 Å². The summed E-state index contributed by atoms with van der Waals surface area (Å²) < 4.78 is 14.9. The summed E-state index contributed by atoms with van der Waals surface area (Å²) in [6.45, 7) is 29.6. The van der Waals surface area contributed by atoms with Crippen LogP contribution < -0.4 is 37.9 Å². The van der Waals surface area contributed by atoms with Gasteiger partial charge in [0.05, 0.1) is 56.0 Å². The molecule has 4 aliphatic heterocycles. The molecule has 0 saturated carbocycles. The number of ether oxygens (including phenoxy) is 1. The number of allylic oxidation sites excluding steroid dienone is 3. The minimum absolute atomic E-state index is 0.236. The lowest BCUT2D eigenvalue weighted by Crippen LogP contribution is -2.50. The number of hydrogen-bond acceptors (Lipinski definition) is 22. The Morgan fingerprint density at radius 3 is 1.28 bits per heavy atom. The van der Waals surface area contributed by atoms with E-state index in [0.717, 1.165) is 88.8 Å². The van der Waals surface area contributed by atoms with Crippen molar-refractivity contribution in [3.05, 3.63) is 247 Å². The molecule has 16 rings (SSSR count). The number of fused-ring (bicyclic) bond motifs is 6. The summed E-state index contributed by atoms with van der Waals surface area (Å²) in [4.78, 5) is 85.6. The fourth-order valence-electron chi connectivity index (χ4n) is 13.6. The number of aromatic nitrogens is 15. The second-order valence-electron chi connectivity index (χ2n) is 28.7. The lowest BCUT2D eigenvalue weighted by molar-refractivity contribution is -0.0694. The van der Waals surface area contributed by atoms with E-state index in [1.54, 1.807) is 135 Å². The minimum Gasteiger partial charge on any atom is -0.384 e. The molecule has 0 spiro atoms. The Morgan fingerprint density at radius 2 is 0.879 bits per heavy atom. The van der Waals surface area contributed by atoms with Crippen molar-refractivity contribution in [3.8, 4) is 17.5 Å². The highest BCUT2D eigenvalue weighted by atomic mass is 16.5. The Morgan fingerprint density at radius 1 is 0.486 bits per heavy atom. The lowest BCUT2D eigenvalue weighted by atomic mass is 9.97. The maximum Gasteiger partial charge on any atom is 0.278 e. The zero-order chi connectivity index (χ0) is 75.1. The smallest absolute Gasteiger partial charge is 0.278 e. The second-order valence-corrected chi connectivity index (χ2v) is 28.7. The Balaban J connectivity index is 0.000000135. The highest BCUT2D eigenvalue weighted by Crippen LogP contribution is 2.31. The molecule has 0 amide bonds. The molecule has 28 heteroatoms. The van der Waals surface area contributed by atoms with Gasteiger partial charge in [0.25, 0.3) is 16.7 Å². The van der Waals surface area contributed by atoms with Gasteiger partial charge in [-0.25, -0.2) is 58.0 Å². The van der Waals surface area contributed by atoms with Gasteiger partial charge in [0.1, 0.15) is 33.0 Å². The minimum atomic E-state index is -1.14. The van der Waals surface area contributed by atoms with Gasteiger partial charge in [-0.2, -0.15) is 15.0 Å². The van der Waals surface area contributed by atoms with Crippen LogP contribution in [0.15, 0.2) is 180 Å². The van der Waals surface area contributed by atoms with Gasteiger partial charge in [-0.3, -0.25) is 19.3 Å². The van der Waals surface area contributed by atoms with E-state index < -0.39 is 16.8 Å². The molecule has 0 unspecified atom stereocenters. The summed E-state index contributed by atoms with van der Waals surface area (Å²) in [5.74, 6) is 2.55. The Bertz CT molecular complexity index is 5590. The molecule has 0 bridgehead atoms. The van der Waals surface area contributed by atoms with Crippen molar-refractivity contribution in [1.82, 2.24) is 88.1 Å². The van der Waals surface area contributed by atoms with Gasteiger partial charge in [-0.1, -0.05) is 54.6 Å². The van der Waals surface area contributed by atoms with Crippen molar-refractivity contribution in [1.29, 1.82) is 0 Å². The van der Waals surface area contributed by atoms with Crippen molar-refractivity contribution < 1.29 is 20.1 Å². The summed E-state index contributed by atoms with van der Waals surface area (Å²) in [6, 6.07) is 35.4. The average Bonchev–Trinajstić information content (AvgIpc) is 1.62. The zero-order valence-electron chi connectivity index (χ0n) is 61.0. The quantitative estimate of drug-likeness (QED) is 0.0372. The first-order chi connectivity index (χ1) is 51.4. The second kappa shape index (κ2) is 29.8. The number of benzene rings is 3. The van der Waals surface area contributed by atoms with E-state index in [9.17, 15) is 29.7 Å². The number of rotatable bonds is 19. The summed E-state index contributed by atoms with van der Waals surface area (Å²) in [5, 5.41) is 45.8. The molecule has 1 fully saturated rings. The molecule has 13 heterocycles. The van der Waals surface area contributed by atoms with Crippen molar-refractivity contribution in [2.24, 2.45) is 0 Å². The van der Waals surface area contributed by atoms with Crippen LogP contribution in [0.4, 0.5) is 34.9 Å². The molecule has 550 valence electrons. The van der Waals surface area contributed by atoms with E-state index in [1.165, 1.54) is 59.8 Å². The molecule has 0 aliphatic carbocycles. The maximum absolute atomic E-state index is 13.2. The molecular formula is C79H87N21O7. The molecular weight excluding hydrogens is 1360 g/mol. The van der Waals surface area contributed by atoms with Crippen LogP contribution in [0.25, 0.3) is 50.6 Å². The number of pyridine rings is 3. The molecule has 0 radical (unpaired) electrons. The first-order valence-electron chi connectivity index (χ1n) is 35.7. The van der Waals surface area contributed by atoms with Crippen LogP contribution >= 0.6 is 0 Å². The van der Waals surface area contributed by atoms with Crippen LogP contribution in [0, 0.1) is 0 Å². The summed E-state index contributed by atoms with van der Waals surface area (Å²) in [6.07, 6.45) is 12.5. The van der Waals surface area contributed by atoms with E-state index in [-0.39, 0.29) is 36.3 Å². The molecule has 12 aromatic rings. The average molecular weight is 1440 g/mol. The monoisotopic (exact) mass is 1440 g/mol. The van der Waals surface area contributed by atoms with Gasteiger partial charge in [0, 0.05) is 68.4 Å². The third kappa shape index (κ3) is 15.2. The molecule has 28 nitrogen and oxygen atoms in total. The standard InChI is InChI=1S/C28H31N7O3.C26H29N7O2.C25H27N7O2/c1-4-11-34-26(36)22-14-29-27(32-25(22)35(34)24-7-5-6-23(31-24)28(2,3)37)30-20-9-8-18-10-12-33(15-19(18)13-20)21-16-38-17-21;1-5-12-32-24(34)20-15-27-25(28-19-10-9-18-16-31(4)13-11-17(18)14-19)30-23(20)33(32)22-8-6-7-21(29-22)26(2,3)35;1-4-12-31-23(33)19-15-27-24(28-18-9-8-17-14-26-11-10-16(17)13-18)30-22(19)32(31)21-7-5-6-20(29-21)25(2,3)34/h4-9,13-14,21,37H,1,10-12,15-17H2,2-3H3,(H,29,30,32);5-10,14-15,35H,1,11-13,16H2,2-4H3,(H,27,28,30);4-9,13,15,26,34H,1,10-12,14H2,2-3H3,(H,27,28,30). The fourth-order valence-corrected chi connectivity index (χ4v) is 13.6. The van der Waals surface area contributed by atoms with Gasteiger partial charge in [0.2, 0.25) is 17.8 Å². The number of aliphatic hydroxyl groups is 3. The van der Waals surface area contributed by atoms with E-state index in [1.807, 2.05) is 18.2 Å². The van der Waals surface area contributed by atoms with E-state index in [2.05, 4.69) is 129 Å². The summed E-state index contributed by atoms with van der Waals surface area (Å²) in [5.41, 5.74) is 9.16. The van der Waals surface area contributed by atoms with Crippen LogP contribution in [0.2, 0.25) is 0 Å². The summed E-state index contributed by atoms with van der Waals surface area (Å²) in [7, 11) is 2.13. The van der Waals surface area contributed by atoms with Crippen molar-refractivity contribution in [2.45, 2.75) is 123 Å². The van der Waals surface area contributed by atoms with Gasteiger partial charge in [0.15, 0.2) is 34.4 Å². The molecule has 7 N–H and O–H groups in total. The van der Waals surface area contributed by atoms with Crippen LogP contribution in [0.5, 0.6) is 0 Å². The highest BCUT2D eigenvalue weighted by Gasteiger charge is 2.31. The van der Waals surface area contributed by atoms with E-state index in [4.69, 9.17) is 14.7 Å². The van der Waals surface area contributed by atoms with E-state index >= 15 is 0 Å². The Kier molecular flexibility index (Phi) is 20.2. The van der Waals surface area contributed by atoms with Crippen LogP contribution in [0.1, 0.15) is 92.0 Å². The highest BCUT2D eigenvalue weighted by molar-refractivity contribution is 5.79. The molecule has 4 aliphatic rings. The predicted octanol–water partition coefficient (Wildman–Crippen LogP) is 8.79. The molecule has 3 aromatic carbocycles. The van der Waals surface area contributed by atoms with Crippen LogP contribution in [0.3, 0.4) is 0 Å². The molecule has 0 atom stereocenters. The Labute approximate surface area is 616 Å². The molecule has 107 heavy (non-hydrogen) atoms. The third-order valence-corrected chi connectivity index (χ3v) is 19.3. The number of nitrogens with zero attached hydrogens (tertiary/aromatic N) is 17. The van der Waals surface area contributed by atoms with Gasteiger partial charge in [-0.05, 0) is 181 Å². The maximum atomic E-state index is 13.2. The van der Waals surface area contributed by atoms with Crippen LogP contribution in [-0.2, 0) is 80.1 Å². The van der Waals surface area contributed by atoms with Gasteiger partial charge >= 0.3 is 0 Å². The normalized spacial score (nSPS) is 14.7. The molecule has 9 aromatic heterocycles. The SMILES string of the molecule is C=CCn1c(=O)c2cnc(Nc3ccc4c(c3)CCN(C)C4)nc2n1-c1cccc(C(C)(C)O)n1.C=CCn1c(=O)c2cnc(Nc3ccc4c(c3)CCNC4)nc2n1-c1cccc(C(C)(C)O)n1.C=CCn1c(=O)c2cnc(Nc3ccc4c(c3)CN(C3COC3)CC4)nc2n1-c1cccc(C(C)(C)O)n1. The first-order valence-corrected chi connectivity index (χ1v) is 35.7. The van der Waals surface area contributed by atoms with E-state index in [0.29, 0.717) is 91.5 Å². The van der Waals surface area contributed by atoms with Crippen LogP contribution in [-0.4, -0.2) is 144 Å². The molecule has 1 saturated heterocycles. The topological polar surface area (TPSA) is 321 Å². The van der Waals surface area contributed by atoms with Gasteiger partial charge < -0.3 is 46.2 Å². The number of nitrogens with one attached hydrogen (secondary N) is 4. The fraction of sp³-hybridized carbons (Fsp3) is 0.316. The largest absolute Gasteiger partial charge is 0.384 e. The van der Waals surface area contributed by atoms with Gasteiger partial charge in [-0.15, -0.1) is 19.7 Å². The Hall–Kier alpha value is -11.5. The number of anilines is 6. The lowest BCUT2D eigenvalue weighted by Gasteiger charge is -2.40. The first kappa shape index (κ1) is 72.4. The number of likely N-dealkylation sites (N-methyl/N-ethyl adjacent to an activating group) is 1.